The number of amides is 1. The first kappa shape index (κ1) is 21.3. The molecule has 31 heavy (non-hydrogen) atoms. The summed E-state index contributed by atoms with van der Waals surface area (Å²) >= 11 is 7.78. The Morgan fingerprint density at radius 2 is 1.77 bits per heavy atom. The summed E-state index contributed by atoms with van der Waals surface area (Å²) in [7, 11) is 1.82. The average Bonchev–Trinajstić information content (AvgIpc) is 3.31. The molecule has 2 heterocycles. The molecule has 0 radical (unpaired) electrons. The number of carbonyl (C=O) groups is 1. The van der Waals surface area contributed by atoms with Crippen LogP contribution in [0.1, 0.15) is 31.5 Å². The van der Waals surface area contributed by atoms with Crippen molar-refractivity contribution in [2.24, 2.45) is 0 Å². The molecule has 1 amide bonds. The molecule has 4 aromatic rings. The van der Waals surface area contributed by atoms with Gasteiger partial charge >= 0.3 is 0 Å². The summed E-state index contributed by atoms with van der Waals surface area (Å²) in [6, 6.07) is 17.8. The fourth-order valence-electron chi connectivity index (χ4n) is 3.53. The Hall–Kier alpha value is -2.96. The van der Waals surface area contributed by atoms with E-state index < -0.39 is 0 Å². The number of thiazole rings is 1. The van der Waals surface area contributed by atoms with Crippen molar-refractivity contribution in [1.82, 2.24) is 19.7 Å². The van der Waals surface area contributed by atoms with Crippen LogP contribution in [-0.4, -0.2) is 32.6 Å². The fraction of sp³-hybridized carbons (Fsp3) is 0.208. The lowest BCUT2D eigenvalue weighted by Crippen LogP contribution is -2.26. The van der Waals surface area contributed by atoms with E-state index in [4.69, 9.17) is 16.7 Å². The normalized spacial score (nSPS) is 11.0. The molecule has 0 aliphatic heterocycles. The van der Waals surface area contributed by atoms with Crippen LogP contribution in [0.3, 0.4) is 0 Å². The van der Waals surface area contributed by atoms with Gasteiger partial charge < -0.3 is 4.90 Å². The highest BCUT2D eigenvalue weighted by Gasteiger charge is 2.21. The molecule has 2 aromatic carbocycles. The van der Waals surface area contributed by atoms with Crippen molar-refractivity contribution in [2.75, 3.05) is 7.05 Å². The van der Waals surface area contributed by atoms with E-state index >= 15 is 0 Å². The van der Waals surface area contributed by atoms with Crippen LogP contribution in [0.2, 0.25) is 5.02 Å². The molecule has 0 unspecified atom stereocenters. The Balaban J connectivity index is 1.65. The van der Waals surface area contributed by atoms with Crippen molar-refractivity contribution in [3.05, 3.63) is 92.5 Å². The summed E-state index contributed by atoms with van der Waals surface area (Å²) < 4.78 is 1.89. The Bertz CT molecular complexity index is 1220. The molecule has 0 saturated heterocycles. The number of aromatic nitrogens is 3. The van der Waals surface area contributed by atoms with Gasteiger partial charge in [0.15, 0.2) is 0 Å². The minimum atomic E-state index is -0.0269. The summed E-state index contributed by atoms with van der Waals surface area (Å²) in [5, 5.41) is 6.44. The topological polar surface area (TPSA) is 51.0 Å². The molecule has 4 rings (SSSR count). The molecule has 7 heteroatoms. The van der Waals surface area contributed by atoms with Crippen molar-refractivity contribution in [2.45, 2.75) is 26.9 Å². The lowest BCUT2D eigenvalue weighted by Gasteiger charge is -2.16. The maximum atomic E-state index is 13.0. The van der Waals surface area contributed by atoms with Gasteiger partial charge in [0.25, 0.3) is 5.91 Å². The average molecular weight is 451 g/mol. The number of hydrogen-bond donors (Lipinski definition) is 0. The minimum Gasteiger partial charge on any atom is -0.336 e. The lowest BCUT2D eigenvalue weighted by molar-refractivity contribution is 0.0789. The molecule has 2 aromatic heterocycles. The van der Waals surface area contributed by atoms with Gasteiger partial charge in [-0.1, -0.05) is 60.1 Å². The van der Waals surface area contributed by atoms with Crippen LogP contribution in [0.25, 0.3) is 11.3 Å². The highest BCUT2D eigenvalue weighted by molar-refractivity contribution is 7.13. The Labute approximate surface area is 190 Å². The van der Waals surface area contributed by atoms with Crippen molar-refractivity contribution in [3.8, 4) is 11.3 Å². The summed E-state index contributed by atoms with van der Waals surface area (Å²) in [6.07, 6.45) is 2.00. The zero-order chi connectivity index (χ0) is 22.0. The van der Waals surface area contributed by atoms with E-state index in [-0.39, 0.29) is 5.91 Å². The molecule has 0 spiro atoms. The maximum absolute atomic E-state index is 13.0. The van der Waals surface area contributed by atoms with Gasteiger partial charge in [-0.15, -0.1) is 11.3 Å². The van der Waals surface area contributed by atoms with Gasteiger partial charge in [-0.3, -0.25) is 9.48 Å². The van der Waals surface area contributed by atoms with Crippen molar-refractivity contribution in [1.29, 1.82) is 0 Å². The lowest BCUT2D eigenvalue weighted by atomic mass is 10.1. The molecule has 0 saturated carbocycles. The van der Waals surface area contributed by atoms with Crippen LogP contribution in [-0.2, 0) is 13.1 Å². The monoisotopic (exact) mass is 450 g/mol. The molecule has 0 aliphatic rings. The second-order valence-corrected chi connectivity index (χ2v) is 9.08. The zero-order valence-corrected chi connectivity index (χ0v) is 19.2. The molecule has 0 bridgehead atoms. The largest absolute Gasteiger partial charge is 0.336 e. The molecule has 0 atom stereocenters. The third-order valence-electron chi connectivity index (χ3n) is 5.03. The molecule has 158 valence electrons. The SMILES string of the molecule is Cc1nc(C)c(C(=O)N(C)Cc2cn(Cc3ccccc3Cl)nc2-c2ccccc2)s1. The van der Waals surface area contributed by atoms with E-state index in [0.29, 0.717) is 23.0 Å². The molecular formula is C24H23ClN4OS. The summed E-state index contributed by atoms with van der Waals surface area (Å²) in [6.45, 7) is 4.80. The Kier molecular flexibility index (Phi) is 6.20. The van der Waals surface area contributed by atoms with Gasteiger partial charge in [0.05, 0.1) is 22.9 Å². The first-order valence-corrected chi connectivity index (χ1v) is 11.2. The number of halogens is 1. The quantitative estimate of drug-likeness (QED) is 0.384. The zero-order valence-electron chi connectivity index (χ0n) is 17.7. The summed E-state index contributed by atoms with van der Waals surface area (Å²) in [4.78, 5) is 19.8. The van der Waals surface area contributed by atoms with E-state index in [2.05, 4.69) is 4.98 Å². The number of benzene rings is 2. The number of aryl methyl sites for hydroxylation is 2. The van der Waals surface area contributed by atoms with E-state index in [0.717, 1.165) is 33.1 Å². The van der Waals surface area contributed by atoms with Gasteiger partial charge in [-0.25, -0.2) is 4.98 Å². The first-order chi connectivity index (χ1) is 14.9. The van der Waals surface area contributed by atoms with E-state index in [9.17, 15) is 4.79 Å². The van der Waals surface area contributed by atoms with Gasteiger partial charge in [-0.05, 0) is 25.5 Å². The van der Waals surface area contributed by atoms with Crippen LogP contribution >= 0.6 is 22.9 Å². The fourth-order valence-corrected chi connectivity index (χ4v) is 4.64. The smallest absolute Gasteiger partial charge is 0.265 e. The van der Waals surface area contributed by atoms with Crippen LogP contribution in [0.5, 0.6) is 0 Å². The Morgan fingerprint density at radius 1 is 1.06 bits per heavy atom. The van der Waals surface area contributed by atoms with Crippen LogP contribution in [0, 0.1) is 13.8 Å². The van der Waals surface area contributed by atoms with Crippen molar-refractivity contribution in [3.63, 3.8) is 0 Å². The van der Waals surface area contributed by atoms with Crippen molar-refractivity contribution >= 4 is 28.8 Å². The minimum absolute atomic E-state index is 0.0269. The molecule has 0 N–H and O–H groups in total. The van der Waals surface area contributed by atoms with Crippen LogP contribution in [0.15, 0.2) is 60.8 Å². The van der Waals surface area contributed by atoms with Gasteiger partial charge in [0.1, 0.15) is 4.88 Å². The summed E-state index contributed by atoms with van der Waals surface area (Å²) in [5.41, 5.74) is 4.63. The highest BCUT2D eigenvalue weighted by atomic mass is 35.5. The van der Waals surface area contributed by atoms with Gasteiger partial charge in [0, 0.05) is 35.9 Å². The predicted molar refractivity (Wildman–Crippen MR) is 126 cm³/mol. The first-order valence-electron chi connectivity index (χ1n) is 9.97. The maximum Gasteiger partial charge on any atom is 0.265 e. The second-order valence-electron chi connectivity index (χ2n) is 7.47. The molecule has 5 nitrogen and oxygen atoms in total. The van der Waals surface area contributed by atoms with E-state index in [1.807, 2.05) is 86.4 Å². The number of carbonyl (C=O) groups excluding carboxylic acids is 1. The van der Waals surface area contributed by atoms with E-state index in [1.165, 1.54) is 11.3 Å². The summed E-state index contributed by atoms with van der Waals surface area (Å²) in [5.74, 6) is -0.0269. The molecule has 0 aliphatic carbocycles. The number of hydrogen-bond acceptors (Lipinski definition) is 4. The number of nitrogens with zero attached hydrogens (tertiary/aromatic N) is 4. The molecule has 0 fully saturated rings. The second kappa shape index (κ2) is 9.04. The van der Waals surface area contributed by atoms with Crippen molar-refractivity contribution < 1.29 is 4.79 Å². The van der Waals surface area contributed by atoms with Gasteiger partial charge in [-0.2, -0.15) is 5.10 Å². The van der Waals surface area contributed by atoms with Gasteiger partial charge in [0.2, 0.25) is 0 Å². The standard InChI is InChI=1S/C24H23ClN4OS/c1-16-23(31-17(2)26-16)24(30)28(3)13-20-15-29(14-19-11-7-8-12-21(19)25)27-22(20)18-9-5-4-6-10-18/h4-12,15H,13-14H2,1-3H3. The van der Waals surface area contributed by atoms with E-state index in [1.54, 1.807) is 4.90 Å². The molecular weight excluding hydrogens is 428 g/mol. The third-order valence-corrected chi connectivity index (χ3v) is 6.46. The third kappa shape index (κ3) is 4.70. The van der Waals surface area contributed by atoms with Crippen LogP contribution < -0.4 is 0 Å². The number of rotatable bonds is 6. The Morgan fingerprint density at radius 3 is 2.45 bits per heavy atom. The van der Waals surface area contributed by atoms with Crippen LogP contribution in [0.4, 0.5) is 0 Å². The predicted octanol–water partition coefficient (Wildman–Crippen LogP) is 5.60. The highest BCUT2D eigenvalue weighted by Crippen LogP contribution is 2.26.